The van der Waals surface area contributed by atoms with Gasteiger partial charge in [0.2, 0.25) is 0 Å². The van der Waals surface area contributed by atoms with Gasteiger partial charge in [0.1, 0.15) is 11.5 Å². The van der Waals surface area contributed by atoms with Crippen molar-refractivity contribution < 1.29 is 9.84 Å². The van der Waals surface area contributed by atoms with Gasteiger partial charge in [0, 0.05) is 0 Å². The van der Waals surface area contributed by atoms with Gasteiger partial charge in [-0.2, -0.15) is 0 Å². The van der Waals surface area contributed by atoms with Crippen LogP contribution in [-0.2, 0) is 0 Å². The fraction of sp³-hybridized carbons (Fsp3) is 0.200. The van der Waals surface area contributed by atoms with Gasteiger partial charge in [0.25, 0.3) is 0 Å². The van der Waals surface area contributed by atoms with Crippen LogP contribution in [0.1, 0.15) is 31.9 Å². The molecule has 22 heavy (non-hydrogen) atoms. The normalized spacial score (nSPS) is 12.3. The number of rotatable bonds is 5. The van der Waals surface area contributed by atoms with Gasteiger partial charge in [-0.15, -0.1) is 0 Å². The Hall–Kier alpha value is -2.48. The summed E-state index contributed by atoms with van der Waals surface area (Å²) in [5, 5.41) is 9.46. The summed E-state index contributed by atoms with van der Waals surface area (Å²) in [5.41, 5.74) is 4.54. The third-order valence-electron chi connectivity index (χ3n) is 3.52. The van der Waals surface area contributed by atoms with Gasteiger partial charge in [-0.25, -0.2) is 0 Å². The molecule has 0 heterocycles. The summed E-state index contributed by atoms with van der Waals surface area (Å²) in [6.07, 6.45) is 4.20. The van der Waals surface area contributed by atoms with Crippen molar-refractivity contribution in [1.29, 1.82) is 0 Å². The minimum absolute atomic E-state index is 0.280. The first-order valence-corrected chi connectivity index (χ1v) is 7.55. The second-order valence-electron chi connectivity index (χ2n) is 4.91. The number of phenolic OH excluding ortho intramolecular Hbond substituents is 1. The second-order valence-corrected chi connectivity index (χ2v) is 4.91. The van der Waals surface area contributed by atoms with Gasteiger partial charge in [-0.1, -0.05) is 36.4 Å². The molecule has 0 aliphatic carbocycles. The lowest BCUT2D eigenvalue weighted by Crippen LogP contribution is -1.93. The zero-order chi connectivity index (χ0) is 15.9. The van der Waals surface area contributed by atoms with E-state index < -0.39 is 0 Å². The molecule has 2 rings (SSSR count). The summed E-state index contributed by atoms with van der Waals surface area (Å²) >= 11 is 0. The summed E-state index contributed by atoms with van der Waals surface area (Å²) in [5.74, 6) is 1.16. The average molecular weight is 294 g/mol. The Balaban J connectivity index is 2.35. The molecule has 0 radical (unpaired) electrons. The van der Waals surface area contributed by atoms with Crippen LogP contribution in [0, 0.1) is 0 Å². The van der Waals surface area contributed by atoms with Gasteiger partial charge >= 0.3 is 0 Å². The molecule has 0 atom stereocenters. The monoisotopic (exact) mass is 294 g/mol. The Bertz CT molecular complexity index is 662. The Labute approximate surface area is 132 Å². The standard InChI is InChI=1S/C20H22O2/c1-4-19(15-7-11-17(21)12-8-15)20(5-2)16-9-13-18(14-10-16)22-6-3/h4-5,7-14,21H,6H2,1-3H3/b19-4-,20-5-. The van der Waals surface area contributed by atoms with Crippen molar-refractivity contribution in [3.63, 3.8) is 0 Å². The summed E-state index contributed by atoms with van der Waals surface area (Å²) in [6, 6.07) is 15.4. The third kappa shape index (κ3) is 3.59. The van der Waals surface area contributed by atoms with Crippen molar-refractivity contribution in [2.75, 3.05) is 6.61 Å². The Morgan fingerprint density at radius 2 is 1.32 bits per heavy atom. The van der Waals surface area contributed by atoms with Gasteiger partial charge in [-0.05, 0) is 67.3 Å². The van der Waals surface area contributed by atoms with E-state index in [0.29, 0.717) is 6.61 Å². The lowest BCUT2D eigenvalue weighted by Gasteiger charge is -2.13. The van der Waals surface area contributed by atoms with E-state index in [1.807, 2.05) is 45.0 Å². The molecular formula is C20H22O2. The lowest BCUT2D eigenvalue weighted by molar-refractivity contribution is 0.340. The summed E-state index contributed by atoms with van der Waals surface area (Å²) in [7, 11) is 0. The van der Waals surface area contributed by atoms with E-state index >= 15 is 0 Å². The molecule has 1 N–H and O–H groups in total. The van der Waals surface area contributed by atoms with Crippen LogP contribution in [0.3, 0.4) is 0 Å². The molecule has 0 amide bonds. The van der Waals surface area contributed by atoms with E-state index in [1.54, 1.807) is 12.1 Å². The highest BCUT2D eigenvalue weighted by Gasteiger charge is 2.09. The van der Waals surface area contributed by atoms with Crippen molar-refractivity contribution in [3.05, 3.63) is 71.8 Å². The first-order chi connectivity index (χ1) is 10.7. The zero-order valence-electron chi connectivity index (χ0n) is 13.3. The molecule has 0 saturated carbocycles. The van der Waals surface area contributed by atoms with Crippen LogP contribution in [0.2, 0.25) is 0 Å². The molecule has 0 saturated heterocycles. The fourth-order valence-electron chi connectivity index (χ4n) is 2.49. The number of hydrogen-bond acceptors (Lipinski definition) is 2. The number of aromatic hydroxyl groups is 1. The number of benzene rings is 2. The SMILES string of the molecule is C/C=C(\C(=C/C)c1ccc(OCC)cc1)c1ccc(O)cc1. The molecule has 114 valence electrons. The van der Waals surface area contributed by atoms with Crippen molar-refractivity contribution >= 4 is 11.1 Å². The molecule has 0 aliphatic rings. The Morgan fingerprint density at radius 3 is 1.73 bits per heavy atom. The second kappa shape index (κ2) is 7.51. The highest BCUT2D eigenvalue weighted by molar-refractivity contribution is 6.04. The maximum atomic E-state index is 9.46. The third-order valence-corrected chi connectivity index (χ3v) is 3.52. The molecule has 0 spiro atoms. The number of allylic oxidation sites excluding steroid dienone is 4. The van der Waals surface area contributed by atoms with Crippen LogP contribution >= 0.6 is 0 Å². The van der Waals surface area contributed by atoms with Crippen molar-refractivity contribution in [1.82, 2.24) is 0 Å². The molecule has 0 aliphatic heterocycles. The highest BCUT2D eigenvalue weighted by atomic mass is 16.5. The van der Waals surface area contributed by atoms with Crippen molar-refractivity contribution in [2.24, 2.45) is 0 Å². The highest BCUT2D eigenvalue weighted by Crippen LogP contribution is 2.32. The van der Waals surface area contributed by atoms with Gasteiger partial charge in [0.15, 0.2) is 0 Å². The quantitative estimate of drug-likeness (QED) is 0.758. The first kappa shape index (κ1) is 15.9. The van der Waals surface area contributed by atoms with Crippen LogP contribution in [0.25, 0.3) is 11.1 Å². The van der Waals surface area contributed by atoms with Gasteiger partial charge in [0.05, 0.1) is 6.61 Å². The van der Waals surface area contributed by atoms with Gasteiger partial charge in [-0.3, -0.25) is 0 Å². The maximum absolute atomic E-state index is 9.46. The molecule has 0 unspecified atom stereocenters. The number of phenols is 1. The van der Waals surface area contributed by atoms with Crippen molar-refractivity contribution in [3.8, 4) is 11.5 Å². The zero-order valence-corrected chi connectivity index (χ0v) is 13.3. The van der Waals surface area contributed by atoms with Crippen LogP contribution in [0.5, 0.6) is 11.5 Å². The maximum Gasteiger partial charge on any atom is 0.119 e. The van der Waals surface area contributed by atoms with Gasteiger partial charge < -0.3 is 9.84 Å². The van der Waals surface area contributed by atoms with E-state index in [2.05, 4.69) is 24.3 Å². The summed E-state index contributed by atoms with van der Waals surface area (Å²) in [4.78, 5) is 0. The van der Waals surface area contributed by atoms with E-state index in [-0.39, 0.29) is 5.75 Å². The van der Waals surface area contributed by atoms with Crippen molar-refractivity contribution in [2.45, 2.75) is 20.8 Å². The van der Waals surface area contributed by atoms with Crippen LogP contribution in [0.15, 0.2) is 60.7 Å². The molecule has 0 aromatic heterocycles. The fourth-order valence-corrected chi connectivity index (χ4v) is 2.49. The predicted molar refractivity (Wildman–Crippen MR) is 93.0 cm³/mol. The molecule has 2 aromatic rings. The van der Waals surface area contributed by atoms with Crippen LogP contribution in [-0.4, -0.2) is 11.7 Å². The molecule has 2 nitrogen and oxygen atoms in total. The molecule has 2 aromatic carbocycles. The molecular weight excluding hydrogens is 272 g/mol. The average Bonchev–Trinajstić information content (AvgIpc) is 2.55. The Morgan fingerprint density at radius 1 is 0.864 bits per heavy atom. The van der Waals surface area contributed by atoms with E-state index in [4.69, 9.17) is 4.74 Å². The minimum Gasteiger partial charge on any atom is -0.508 e. The van der Waals surface area contributed by atoms with E-state index in [9.17, 15) is 5.11 Å². The largest absolute Gasteiger partial charge is 0.508 e. The molecule has 0 fully saturated rings. The van der Waals surface area contributed by atoms with E-state index in [1.165, 1.54) is 0 Å². The smallest absolute Gasteiger partial charge is 0.119 e. The van der Waals surface area contributed by atoms with Crippen LogP contribution < -0.4 is 4.74 Å². The summed E-state index contributed by atoms with van der Waals surface area (Å²) in [6.45, 7) is 6.72. The van der Waals surface area contributed by atoms with E-state index in [0.717, 1.165) is 28.0 Å². The predicted octanol–water partition coefficient (Wildman–Crippen LogP) is 5.30. The lowest BCUT2D eigenvalue weighted by atomic mass is 9.92. The minimum atomic E-state index is 0.280. The Kier molecular flexibility index (Phi) is 5.42. The topological polar surface area (TPSA) is 29.5 Å². The first-order valence-electron chi connectivity index (χ1n) is 7.55. The molecule has 2 heteroatoms. The molecule has 0 bridgehead atoms. The number of ether oxygens (including phenoxy) is 1. The summed E-state index contributed by atoms with van der Waals surface area (Å²) < 4.78 is 5.50. The number of hydrogen-bond donors (Lipinski definition) is 1. The van der Waals surface area contributed by atoms with Crippen LogP contribution in [0.4, 0.5) is 0 Å².